The quantitative estimate of drug-likeness (QED) is 0.713. The van der Waals surface area contributed by atoms with Crippen LogP contribution < -0.4 is 0 Å². The molecule has 0 aliphatic rings. The van der Waals surface area contributed by atoms with E-state index >= 15 is 0 Å². The average molecular weight is 281 g/mol. The number of aromatic nitrogens is 1. The summed E-state index contributed by atoms with van der Waals surface area (Å²) in [7, 11) is -3.15. The van der Waals surface area contributed by atoms with E-state index in [0.717, 1.165) is 17.7 Å². The molecule has 0 N–H and O–H groups in total. The molecule has 0 aliphatic heterocycles. The number of hydrogen-bond donors (Lipinski definition) is 0. The summed E-state index contributed by atoms with van der Waals surface area (Å²) in [5, 5.41) is 0. The summed E-state index contributed by atoms with van der Waals surface area (Å²) in [6.45, 7) is 4.22. The highest BCUT2D eigenvalue weighted by Crippen LogP contribution is 2.15. The van der Waals surface area contributed by atoms with Gasteiger partial charge in [0, 0.05) is 12.5 Å². The molecule has 0 spiro atoms. The van der Waals surface area contributed by atoms with Crippen LogP contribution in [0.25, 0.3) is 5.57 Å². The molecule has 1 rings (SSSR count). The Labute approximate surface area is 116 Å². The van der Waals surface area contributed by atoms with Crippen molar-refractivity contribution in [3.63, 3.8) is 0 Å². The Morgan fingerprint density at radius 1 is 1.26 bits per heavy atom. The smallest absolute Gasteiger partial charge is 0.177 e. The van der Waals surface area contributed by atoms with Crippen LogP contribution in [0.1, 0.15) is 51.6 Å². The maximum Gasteiger partial charge on any atom is 0.177 e. The number of hydrogen-bond acceptors (Lipinski definition) is 3. The molecule has 0 atom stereocenters. The second-order valence-corrected chi connectivity index (χ2v) is 6.90. The minimum absolute atomic E-state index is 0.270. The molecule has 0 aromatic carbocycles. The van der Waals surface area contributed by atoms with Crippen molar-refractivity contribution in [2.75, 3.05) is 6.26 Å². The molecule has 0 radical (unpaired) electrons. The van der Waals surface area contributed by atoms with Crippen LogP contribution in [0.3, 0.4) is 0 Å². The zero-order valence-corrected chi connectivity index (χ0v) is 12.8. The van der Waals surface area contributed by atoms with E-state index in [1.807, 2.05) is 6.92 Å². The lowest BCUT2D eigenvalue weighted by Crippen LogP contribution is -1.98. The number of nitrogens with zero attached hydrogens (tertiary/aromatic N) is 1. The molecule has 0 bridgehead atoms. The molecule has 0 unspecified atom stereocenters. The third kappa shape index (κ3) is 5.55. The third-order valence-electron chi connectivity index (χ3n) is 3.08. The van der Waals surface area contributed by atoms with Gasteiger partial charge in [-0.3, -0.25) is 4.98 Å². The first-order chi connectivity index (χ1) is 8.95. The van der Waals surface area contributed by atoms with Gasteiger partial charge in [-0.1, -0.05) is 32.3 Å². The summed E-state index contributed by atoms with van der Waals surface area (Å²) in [4.78, 5) is 4.48. The zero-order valence-electron chi connectivity index (χ0n) is 12.0. The van der Waals surface area contributed by atoms with Crippen LogP contribution in [0, 0.1) is 0 Å². The molecule has 1 aromatic rings. The predicted octanol–water partition coefficient (Wildman–Crippen LogP) is 3.86. The lowest BCUT2D eigenvalue weighted by Gasteiger charge is -2.03. The average Bonchev–Trinajstić information content (AvgIpc) is 2.37. The molecular weight excluding hydrogens is 258 g/mol. The molecular formula is C15H23NO2S. The van der Waals surface area contributed by atoms with E-state index in [1.54, 1.807) is 12.1 Å². The van der Waals surface area contributed by atoms with Crippen molar-refractivity contribution in [3.8, 4) is 0 Å². The van der Waals surface area contributed by atoms with Crippen molar-refractivity contribution in [3.05, 3.63) is 30.1 Å². The van der Waals surface area contributed by atoms with Crippen molar-refractivity contribution < 1.29 is 8.42 Å². The lowest BCUT2D eigenvalue weighted by molar-refractivity contribution is 0.601. The number of pyridine rings is 1. The monoisotopic (exact) mass is 281 g/mol. The molecule has 0 saturated carbocycles. The van der Waals surface area contributed by atoms with E-state index in [-0.39, 0.29) is 4.90 Å². The topological polar surface area (TPSA) is 47.0 Å². The predicted molar refractivity (Wildman–Crippen MR) is 79.8 cm³/mol. The van der Waals surface area contributed by atoms with Gasteiger partial charge < -0.3 is 0 Å². The van der Waals surface area contributed by atoms with Gasteiger partial charge in [0.2, 0.25) is 0 Å². The van der Waals surface area contributed by atoms with Gasteiger partial charge in [0.05, 0.1) is 10.6 Å². The van der Waals surface area contributed by atoms with E-state index < -0.39 is 9.84 Å². The summed E-state index contributed by atoms with van der Waals surface area (Å²) >= 11 is 0. The Bertz CT molecular complexity index is 516. The summed E-state index contributed by atoms with van der Waals surface area (Å²) in [6, 6.07) is 3.39. The number of unbranched alkanes of at least 4 members (excludes halogenated alkanes) is 4. The highest BCUT2D eigenvalue weighted by atomic mass is 32.2. The van der Waals surface area contributed by atoms with Gasteiger partial charge in [0.15, 0.2) is 9.84 Å². The molecule has 0 saturated heterocycles. The Balaban J connectivity index is 2.62. The molecule has 0 aliphatic carbocycles. The van der Waals surface area contributed by atoms with E-state index in [2.05, 4.69) is 18.0 Å². The molecule has 0 amide bonds. The van der Waals surface area contributed by atoms with Gasteiger partial charge in [-0.05, 0) is 37.5 Å². The first kappa shape index (κ1) is 15.9. The van der Waals surface area contributed by atoms with E-state index in [1.165, 1.54) is 38.1 Å². The molecule has 0 fully saturated rings. The van der Waals surface area contributed by atoms with Crippen LogP contribution >= 0.6 is 0 Å². The normalized spacial score (nSPS) is 12.7. The molecule has 4 heteroatoms. The largest absolute Gasteiger partial charge is 0.255 e. The Morgan fingerprint density at radius 2 is 2.00 bits per heavy atom. The highest BCUT2D eigenvalue weighted by Gasteiger charge is 2.07. The minimum atomic E-state index is -3.15. The van der Waals surface area contributed by atoms with Gasteiger partial charge in [-0.2, -0.15) is 0 Å². The van der Waals surface area contributed by atoms with Crippen molar-refractivity contribution in [1.82, 2.24) is 4.98 Å². The Morgan fingerprint density at radius 3 is 2.53 bits per heavy atom. The van der Waals surface area contributed by atoms with Crippen molar-refractivity contribution in [1.29, 1.82) is 0 Å². The molecule has 106 valence electrons. The van der Waals surface area contributed by atoms with Gasteiger partial charge in [0.1, 0.15) is 0 Å². The molecule has 3 nitrogen and oxygen atoms in total. The number of allylic oxidation sites excluding steroid dienone is 2. The van der Waals surface area contributed by atoms with Crippen LogP contribution in [-0.2, 0) is 9.84 Å². The standard InChI is InChI=1S/C15H23NO2S/c1-4-5-6-7-8-9-13(2)15-11-10-14(12-16-15)19(3,17)18/h9-12H,4-8H2,1-3H3/b13-9-. The van der Waals surface area contributed by atoms with Gasteiger partial charge >= 0.3 is 0 Å². The molecule has 1 heterocycles. The van der Waals surface area contributed by atoms with Gasteiger partial charge in [0.25, 0.3) is 0 Å². The highest BCUT2D eigenvalue weighted by molar-refractivity contribution is 7.90. The summed E-state index contributed by atoms with van der Waals surface area (Å²) < 4.78 is 22.7. The van der Waals surface area contributed by atoms with E-state index in [9.17, 15) is 8.42 Å². The second kappa shape index (κ2) is 7.43. The van der Waals surface area contributed by atoms with Crippen molar-refractivity contribution in [2.45, 2.75) is 50.8 Å². The number of sulfone groups is 1. The van der Waals surface area contributed by atoms with Crippen molar-refractivity contribution >= 4 is 15.4 Å². The SMILES string of the molecule is CCCCCC/C=C(/C)c1ccc(S(C)(=O)=O)cn1. The fraction of sp³-hybridized carbons (Fsp3) is 0.533. The molecule has 1 aromatic heterocycles. The fourth-order valence-corrected chi connectivity index (χ4v) is 2.39. The van der Waals surface area contributed by atoms with E-state index in [0.29, 0.717) is 0 Å². The lowest BCUT2D eigenvalue weighted by atomic mass is 10.1. The maximum absolute atomic E-state index is 11.3. The third-order valence-corrected chi connectivity index (χ3v) is 4.17. The van der Waals surface area contributed by atoms with E-state index in [4.69, 9.17) is 0 Å². The number of rotatable bonds is 7. The minimum Gasteiger partial charge on any atom is -0.255 e. The van der Waals surface area contributed by atoms with Crippen LogP contribution in [0.4, 0.5) is 0 Å². The summed E-state index contributed by atoms with van der Waals surface area (Å²) in [5.41, 5.74) is 1.96. The van der Waals surface area contributed by atoms with Crippen LogP contribution in [0.15, 0.2) is 29.3 Å². The van der Waals surface area contributed by atoms with Crippen LogP contribution in [0.5, 0.6) is 0 Å². The first-order valence-electron chi connectivity index (χ1n) is 6.78. The van der Waals surface area contributed by atoms with Gasteiger partial charge in [-0.15, -0.1) is 0 Å². The van der Waals surface area contributed by atoms with Crippen molar-refractivity contribution in [2.24, 2.45) is 0 Å². The second-order valence-electron chi connectivity index (χ2n) is 4.89. The Hall–Kier alpha value is -1.16. The Kier molecular flexibility index (Phi) is 6.22. The van der Waals surface area contributed by atoms with Crippen LogP contribution in [-0.4, -0.2) is 19.7 Å². The molecule has 19 heavy (non-hydrogen) atoms. The van der Waals surface area contributed by atoms with Crippen LogP contribution in [0.2, 0.25) is 0 Å². The fourth-order valence-electron chi connectivity index (χ4n) is 1.83. The zero-order chi connectivity index (χ0) is 14.3. The maximum atomic E-state index is 11.3. The summed E-state index contributed by atoms with van der Waals surface area (Å²) in [5.74, 6) is 0. The van der Waals surface area contributed by atoms with Gasteiger partial charge in [-0.25, -0.2) is 8.42 Å². The first-order valence-corrected chi connectivity index (χ1v) is 8.67. The summed E-state index contributed by atoms with van der Waals surface area (Å²) in [6.07, 6.45) is 10.9.